The first-order chi connectivity index (χ1) is 7.11. The fourth-order valence-electron chi connectivity index (χ4n) is 1.29. The van der Waals surface area contributed by atoms with Crippen LogP contribution in [0.1, 0.15) is 13.8 Å². The lowest BCUT2D eigenvalue weighted by Crippen LogP contribution is -2.32. The van der Waals surface area contributed by atoms with Crippen molar-refractivity contribution in [3.63, 3.8) is 0 Å². The third-order valence-corrected chi connectivity index (χ3v) is 2.12. The van der Waals surface area contributed by atoms with Gasteiger partial charge in [0.25, 0.3) is 0 Å². The predicted octanol–water partition coefficient (Wildman–Crippen LogP) is -0.108. The molecule has 0 spiro atoms. The van der Waals surface area contributed by atoms with Crippen molar-refractivity contribution in [3.8, 4) is 0 Å². The molecule has 0 unspecified atom stereocenters. The highest BCUT2D eigenvalue weighted by Crippen LogP contribution is 2.01. The van der Waals surface area contributed by atoms with Gasteiger partial charge in [-0.25, -0.2) is 4.68 Å². The SMILES string of the molecule is CC(C)CNCCN(C)c1nnnn1C. The van der Waals surface area contributed by atoms with Gasteiger partial charge in [-0.15, -0.1) is 0 Å². The topological polar surface area (TPSA) is 58.9 Å². The second-order valence-corrected chi connectivity index (χ2v) is 4.12. The minimum atomic E-state index is 0.687. The van der Waals surface area contributed by atoms with Gasteiger partial charge in [-0.05, 0) is 22.9 Å². The first-order valence-corrected chi connectivity index (χ1v) is 5.25. The van der Waals surface area contributed by atoms with Crippen molar-refractivity contribution in [1.29, 1.82) is 0 Å². The zero-order chi connectivity index (χ0) is 11.3. The highest BCUT2D eigenvalue weighted by molar-refractivity contribution is 5.25. The lowest BCUT2D eigenvalue weighted by molar-refractivity contribution is 0.552. The first-order valence-electron chi connectivity index (χ1n) is 5.25. The monoisotopic (exact) mass is 212 g/mol. The maximum absolute atomic E-state index is 3.93. The number of nitrogens with one attached hydrogen (secondary N) is 1. The molecule has 86 valence electrons. The average Bonchev–Trinajstić information content (AvgIpc) is 2.58. The van der Waals surface area contributed by atoms with Crippen LogP contribution in [-0.4, -0.2) is 46.9 Å². The van der Waals surface area contributed by atoms with E-state index < -0.39 is 0 Å². The van der Waals surface area contributed by atoms with Crippen molar-refractivity contribution >= 4 is 5.95 Å². The van der Waals surface area contributed by atoms with Gasteiger partial charge in [0.2, 0.25) is 5.95 Å². The number of anilines is 1. The second-order valence-electron chi connectivity index (χ2n) is 4.12. The van der Waals surface area contributed by atoms with Gasteiger partial charge in [-0.2, -0.15) is 0 Å². The largest absolute Gasteiger partial charge is 0.341 e. The summed E-state index contributed by atoms with van der Waals surface area (Å²) in [6, 6.07) is 0. The van der Waals surface area contributed by atoms with Gasteiger partial charge in [0.05, 0.1) is 0 Å². The van der Waals surface area contributed by atoms with Gasteiger partial charge in [-0.3, -0.25) is 0 Å². The number of aromatic nitrogens is 4. The summed E-state index contributed by atoms with van der Waals surface area (Å²) >= 11 is 0. The molecule has 1 aromatic heterocycles. The van der Waals surface area contributed by atoms with Crippen molar-refractivity contribution < 1.29 is 0 Å². The van der Waals surface area contributed by atoms with Gasteiger partial charge in [0.15, 0.2) is 0 Å². The zero-order valence-corrected chi connectivity index (χ0v) is 9.93. The van der Waals surface area contributed by atoms with Crippen LogP contribution in [0.25, 0.3) is 0 Å². The van der Waals surface area contributed by atoms with Gasteiger partial charge in [0.1, 0.15) is 0 Å². The lowest BCUT2D eigenvalue weighted by atomic mass is 10.2. The summed E-state index contributed by atoms with van der Waals surface area (Å²) in [5.74, 6) is 1.48. The van der Waals surface area contributed by atoms with Gasteiger partial charge < -0.3 is 10.2 Å². The maximum atomic E-state index is 3.93. The first kappa shape index (κ1) is 11.9. The van der Waals surface area contributed by atoms with E-state index in [9.17, 15) is 0 Å². The van der Waals surface area contributed by atoms with Crippen molar-refractivity contribution in [2.24, 2.45) is 13.0 Å². The van der Waals surface area contributed by atoms with E-state index in [1.807, 2.05) is 19.0 Å². The van der Waals surface area contributed by atoms with Crippen molar-refractivity contribution in [1.82, 2.24) is 25.5 Å². The average molecular weight is 212 g/mol. The van der Waals surface area contributed by atoms with E-state index in [4.69, 9.17) is 0 Å². The number of hydrogen-bond donors (Lipinski definition) is 1. The standard InChI is InChI=1S/C9H20N6/c1-8(2)7-10-5-6-14(3)9-11-12-13-15(9)4/h8,10H,5-7H2,1-4H3. The van der Waals surface area contributed by atoms with E-state index in [1.54, 1.807) is 4.68 Å². The Morgan fingerprint density at radius 2 is 2.20 bits per heavy atom. The van der Waals surface area contributed by atoms with Crippen molar-refractivity contribution in [2.75, 3.05) is 31.6 Å². The molecule has 0 saturated carbocycles. The summed E-state index contributed by atoms with van der Waals surface area (Å²) in [5, 5.41) is 14.7. The molecule has 15 heavy (non-hydrogen) atoms. The molecule has 1 rings (SSSR count). The smallest absolute Gasteiger partial charge is 0.245 e. The Labute approximate surface area is 90.6 Å². The molecule has 1 aromatic rings. The molecule has 0 atom stereocenters. The molecule has 6 heteroatoms. The number of likely N-dealkylation sites (N-methyl/N-ethyl adjacent to an activating group) is 1. The number of rotatable bonds is 6. The number of tetrazole rings is 1. The Bertz CT molecular complexity index is 282. The van der Waals surface area contributed by atoms with Crippen LogP contribution in [-0.2, 0) is 7.05 Å². The van der Waals surface area contributed by atoms with E-state index in [1.165, 1.54) is 0 Å². The van der Waals surface area contributed by atoms with Crippen LogP contribution in [0.4, 0.5) is 5.95 Å². The molecule has 6 nitrogen and oxygen atoms in total. The molecule has 0 aliphatic carbocycles. The molecular formula is C9H20N6. The van der Waals surface area contributed by atoms with Gasteiger partial charge >= 0.3 is 0 Å². The van der Waals surface area contributed by atoms with Crippen LogP contribution in [0.2, 0.25) is 0 Å². The Morgan fingerprint density at radius 3 is 2.73 bits per heavy atom. The summed E-state index contributed by atoms with van der Waals surface area (Å²) < 4.78 is 1.67. The zero-order valence-electron chi connectivity index (χ0n) is 9.93. The van der Waals surface area contributed by atoms with Crippen LogP contribution in [0, 0.1) is 5.92 Å². The third kappa shape index (κ3) is 3.83. The fraction of sp³-hybridized carbons (Fsp3) is 0.889. The summed E-state index contributed by atoms with van der Waals surface area (Å²) in [5.41, 5.74) is 0. The van der Waals surface area contributed by atoms with E-state index in [0.29, 0.717) is 5.92 Å². The molecule has 0 aliphatic rings. The molecule has 0 saturated heterocycles. The highest BCUT2D eigenvalue weighted by atomic mass is 15.6. The predicted molar refractivity (Wildman–Crippen MR) is 59.8 cm³/mol. The molecule has 0 aromatic carbocycles. The summed E-state index contributed by atoms with van der Waals surface area (Å²) in [4.78, 5) is 2.04. The molecule has 0 bridgehead atoms. The number of nitrogens with zero attached hydrogens (tertiary/aromatic N) is 5. The van der Waals surface area contributed by atoms with E-state index in [0.717, 1.165) is 25.6 Å². The van der Waals surface area contributed by atoms with Crippen LogP contribution in [0.15, 0.2) is 0 Å². The van der Waals surface area contributed by atoms with E-state index in [-0.39, 0.29) is 0 Å². The molecule has 1 heterocycles. The summed E-state index contributed by atoms with van der Waals surface area (Å²) in [7, 11) is 3.83. The Balaban J connectivity index is 2.25. The number of hydrogen-bond acceptors (Lipinski definition) is 5. The molecule has 1 N–H and O–H groups in total. The van der Waals surface area contributed by atoms with Crippen molar-refractivity contribution in [3.05, 3.63) is 0 Å². The fourth-order valence-corrected chi connectivity index (χ4v) is 1.29. The highest BCUT2D eigenvalue weighted by Gasteiger charge is 2.07. The quantitative estimate of drug-likeness (QED) is 0.667. The van der Waals surface area contributed by atoms with E-state index >= 15 is 0 Å². The van der Waals surface area contributed by atoms with Crippen LogP contribution >= 0.6 is 0 Å². The van der Waals surface area contributed by atoms with Crippen LogP contribution in [0.5, 0.6) is 0 Å². The number of aryl methyl sites for hydroxylation is 1. The van der Waals surface area contributed by atoms with Crippen LogP contribution in [0.3, 0.4) is 0 Å². The summed E-state index contributed by atoms with van der Waals surface area (Å²) in [6.45, 7) is 7.29. The Morgan fingerprint density at radius 1 is 1.47 bits per heavy atom. The second kappa shape index (κ2) is 5.65. The molecular weight excluding hydrogens is 192 g/mol. The summed E-state index contributed by atoms with van der Waals surface area (Å²) in [6.07, 6.45) is 0. The molecule has 0 radical (unpaired) electrons. The normalized spacial score (nSPS) is 11.0. The van der Waals surface area contributed by atoms with Gasteiger partial charge in [-0.1, -0.05) is 18.9 Å². The molecule has 0 amide bonds. The van der Waals surface area contributed by atoms with E-state index in [2.05, 4.69) is 34.7 Å². The minimum absolute atomic E-state index is 0.687. The molecule has 0 aliphatic heterocycles. The Hall–Kier alpha value is -1.17. The van der Waals surface area contributed by atoms with Gasteiger partial charge in [0, 0.05) is 27.2 Å². The third-order valence-electron chi connectivity index (χ3n) is 2.12. The molecule has 0 fully saturated rings. The maximum Gasteiger partial charge on any atom is 0.245 e. The van der Waals surface area contributed by atoms with Crippen LogP contribution < -0.4 is 10.2 Å². The van der Waals surface area contributed by atoms with Crippen molar-refractivity contribution in [2.45, 2.75) is 13.8 Å². The lowest BCUT2D eigenvalue weighted by Gasteiger charge is -2.17. The minimum Gasteiger partial charge on any atom is -0.341 e. The Kier molecular flexibility index (Phi) is 4.48.